The van der Waals surface area contributed by atoms with E-state index in [0.29, 0.717) is 0 Å². The normalized spacial score (nSPS) is 9.85. The van der Waals surface area contributed by atoms with E-state index in [1.165, 1.54) is 5.56 Å². The largest absolute Gasteiger partial charge is 0.408 e. The molecule has 0 amide bonds. The van der Waals surface area contributed by atoms with Crippen molar-refractivity contribution in [1.82, 2.24) is 5.48 Å². The average Bonchev–Trinajstić information content (AvgIpc) is 2.48. The number of benzene rings is 2. The topological polar surface area (TPSA) is 21.3 Å². The highest BCUT2D eigenvalue weighted by molar-refractivity contribution is 7.98. The molecule has 1 N–H and O–H groups in total. The summed E-state index contributed by atoms with van der Waals surface area (Å²) in [6, 6.07) is 18.6. The van der Waals surface area contributed by atoms with Crippen molar-refractivity contribution in [3.63, 3.8) is 0 Å². The summed E-state index contributed by atoms with van der Waals surface area (Å²) >= 11 is 1.69. The van der Waals surface area contributed by atoms with Crippen molar-refractivity contribution in [1.29, 1.82) is 0 Å². The molecule has 108 valence electrons. The van der Waals surface area contributed by atoms with E-state index in [1.807, 2.05) is 24.3 Å². The van der Waals surface area contributed by atoms with Gasteiger partial charge in [0, 0.05) is 6.54 Å². The lowest BCUT2D eigenvalue weighted by Gasteiger charge is -2.10. The van der Waals surface area contributed by atoms with Gasteiger partial charge in [-0.3, -0.25) is 0 Å². The molecule has 0 heterocycles. The van der Waals surface area contributed by atoms with Gasteiger partial charge in [0.2, 0.25) is 0 Å². The van der Waals surface area contributed by atoms with Crippen LogP contribution in [0.1, 0.15) is 12.0 Å². The summed E-state index contributed by atoms with van der Waals surface area (Å²) in [6.45, 7) is 0.845. The van der Waals surface area contributed by atoms with Gasteiger partial charge >= 0.3 is 0 Å². The second-order valence-corrected chi connectivity index (χ2v) is 5.08. The molecular weight excluding hydrogens is 290 g/mol. The average molecular weight is 310 g/mol. The molecule has 0 aromatic heterocycles. The molecule has 0 fully saturated rings. The fourth-order valence-electron chi connectivity index (χ4n) is 1.84. The van der Waals surface area contributed by atoms with Crippen LogP contribution in [0.15, 0.2) is 59.5 Å². The molecule has 0 aliphatic carbocycles. The Morgan fingerprint density at radius 3 is 2.45 bits per heavy atom. The van der Waals surface area contributed by atoms with Crippen LogP contribution >= 0.6 is 24.2 Å². The molecule has 0 aliphatic heterocycles. The molecule has 0 radical (unpaired) electrons. The Bertz CT molecular complexity index is 493. The minimum atomic E-state index is 0. The van der Waals surface area contributed by atoms with Gasteiger partial charge in [0.1, 0.15) is 0 Å². The van der Waals surface area contributed by atoms with E-state index >= 15 is 0 Å². The first-order valence-electron chi connectivity index (χ1n) is 6.47. The molecule has 20 heavy (non-hydrogen) atoms. The third kappa shape index (κ3) is 5.45. The van der Waals surface area contributed by atoms with E-state index in [1.54, 1.807) is 11.8 Å². The van der Waals surface area contributed by atoms with Crippen LogP contribution in [-0.4, -0.2) is 12.8 Å². The van der Waals surface area contributed by atoms with Crippen molar-refractivity contribution >= 4 is 24.2 Å². The number of nitrogens with one attached hydrogen (secondary N) is 1. The highest BCUT2D eigenvalue weighted by atomic mass is 35.5. The van der Waals surface area contributed by atoms with Crippen LogP contribution in [-0.2, 0) is 6.42 Å². The summed E-state index contributed by atoms with van der Waals surface area (Å²) in [5.41, 5.74) is 4.40. The first kappa shape index (κ1) is 16.9. The van der Waals surface area contributed by atoms with Gasteiger partial charge in [0.05, 0.1) is 4.90 Å². The fourth-order valence-corrected chi connectivity index (χ4v) is 2.37. The summed E-state index contributed by atoms with van der Waals surface area (Å²) in [5, 5.41) is 0. The number of hydrogen-bond acceptors (Lipinski definition) is 3. The van der Waals surface area contributed by atoms with Crippen molar-refractivity contribution in [3.8, 4) is 5.75 Å². The summed E-state index contributed by atoms with van der Waals surface area (Å²) < 4.78 is 0. The fraction of sp³-hybridized carbons (Fsp3) is 0.250. The molecule has 0 saturated heterocycles. The highest BCUT2D eigenvalue weighted by Gasteiger charge is 2.00. The summed E-state index contributed by atoms with van der Waals surface area (Å²) in [5.74, 6) is 0.898. The summed E-state index contributed by atoms with van der Waals surface area (Å²) in [4.78, 5) is 6.75. The van der Waals surface area contributed by atoms with Crippen LogP contribution < -0.4 is 10.3 Å². The molecule has 0 spiro atoms. The number of hydrogen-bond donors (Lipinski definition) is 1. The van der Waals surface area contributed by atoms with Crippen LogP contribution in [0.5, 0.6) is 5.75 Å². The lowest BCUT2D eigenvalue weighted by Crippen LogP contribution is -2.20. The van der Waals surface area contributed by atoms with Gasteiger partial charge in [-0.15, -0.1) is 24.2 Å². The van der Waals surface area contributed by atoms with Crippen LogP contribution in [0.2, 0.25) is 0 Å². The van der Waals surface area contributed by atoms with Crippen molar-refractivity contribution < 1.29 is 4.84 Å². The maximum absolute atomic E-state index is 5.60. The number of thioether (sulfide) groups is 1. The number of halogens is 1. The Morgan fingerprint density at radius 2 is 1.70 bits per heavy atom. The van der Waals surface area contributed by atoms with E-state index in [0.717, 1.165) is 30.0 Å². The predicted molar refractivity (Wildman–Crippen MR) is 88.9 cm³/mol. The quantitative estimate of drug-likeness (QED) is 0.467. The van der Waals surface area contributed by atoms with E-state index in [9.17, 15) is 0 Å². The molecule has 0 atom stereocenters. The zero-order valence-electron chi connectivity index (χ0n) is 11.5. The van der Waals surface area contributed by atoms with Crippen LogP contribution in [0.4, 0.5) is 0 Å². The molecule has 2 nitrogen and oxygen atoms in total. The lowest BCUT2D eigenvalue weighted by molar-refractivity contribution is 0.189. The standard InChI is InChI=1S/C16H19NOS.ClH/c1-19-16-12-6-5-11-15(16)18-17-13-7-10-14-8-3-2-4-9-14;/h2-6,8-9,11-12,17H,7,10,13H2,1H3;1H. The first-order valence-corrected chi connectivity index (χ1v) is 7.69. The molecule has 0 aliphatic rings. The Labute approximate surface area is 131 Å². The maximum atomic E-state index is 5.60. The Hall–Kier alpha value is -1.16. The van der Waals surface area contributed by atoms with Crippen molar-refractivity contribution in [2.45, 2.75) is 17.7 Å². The van der Waals surface area contributed by atoms with Gasteiger partial charge in [-0.2, -0.15) is 5.48 Å². The summed E-state index contributed by atoms with van der Waals surface area (Å²) in [6.07, 6.45) is 4.18. The molecular formula is C16H20ClNOS. The molecule has 2 aromatic carbocycles. The highest BCUT2D eigenvalue weighted by Crippen LogP contribution is 2.26. The zero-order chi connectivity index (χ0) is 13.3. The molecule has 4 heteroatoms. The molecule has 2 rings (SSSR count). The second kappa shape index (κ2) is 9.70. The zero-order valence-corrected chi connectivity index (χ0v) is 13.2. The van der Waals surface area contributed by atoms with Crippen molar-refractivity contribution in [2.75, 3.05) is 12.8 Å². The number of para-hydroxylation sites is 1. The van der Waals surface area contributed by atoms with Crippen molar-refractivity contribution in [2.24, 2.45) is 0 Å². The number of rotatable bonds is 7. The minimum absolute atomic E-state index is 0. The number of aryl methyl sites for hydroxylation is 1. The predicted octanol–water partition coefficient (Wildman–Crippen LogP) is 4.35. The smallest absolute Gasteiger partial charge is 0.160 e. The summed E-state index contributed by atoms with van der Waals surface area (Å²) in [7, 11) is 0. The van der Waals surface area contributed by atoms with Gasteiger partial charge in [-0.1, -0.05) is 42.5 Å². The van der Waals surface area contributed by atoms with Crippen LogP contribution in [0, 0.1) is 0 Å². The molecule has 0 bridgehead atoms. The van der Waals surface area contributed by atoms with Crippen molar-refractivity contribution in [3.05, 3.63) is 60.2 Å². The maximum Gasteiger partial charge on any atom is 0.160 e. The second-order valence-electron chi connectivity index (χ2n) is 4.24. The Kier molecular flexibility index (Phi) is 8.19. The third-order valence-electron chi connectivity index (χ3n) is 2.84. The SMILES string of the molecule is CSc1ccccc1ONCCCc1ccccc1.Cl. The van der Waals surface area contributed by atoms with Gasteiger partial charge in [-0.25, -0.2) is 0 Å². The van der Waals surface area contributed by atoms with E-state index < -0.39 is 0 Å². The monoisotopic (exact) mass is 309 g/mol. The Morgan fingerprint density at radius 1 is 1.00 bits per heavy atom. The van der Waals surface area contributed by atoms with E-state index in [4.69, 9.17) is 4.84 Å². The molecule has 0 saturated carbocycles. The van der Waals surface area contributed by atoms with E-state index in [2.05, 4.69) is 42.1 Å². The molecule has 0 unspecified atom stereocenters. The van der Waals surface area contributed by atoms with Gasteiger partial charge in [0.15, 0.2) is 5.75 Å². The van der Waals surface area contributed by atoms with Crippen LogP contribution in [0.3, 0.4) is 0 Å². The van der Waals surface area contributed by atoms with Crippen LogP contribution in [0.25, 0.3) is 0 Å². The molecule has 2 aromatic rings. The minimum Gasteiger partial charge on any atom is -0.408 e. The van der Waals surface area contributed by atoms with Gasteiger partial charge < -0.3 is 4.84 Å². The lowest BCUT2D eigenvalue weighted by atomic mass is 10.1. The Balaban J connectivity index is 0.00000200. The van der Waals surface area contributed by atoms with E-state index in [-0.39, 0.29) is 12.4 Å². The van der Waals surface area contributed by atoms with Gasteiger partial charge in [0.25, 0.3) is 0 Å². The number of hydroxylamine groups is 1. The third-order valence-corrected chi connectivity index (χ3v) is 3.62. The van der Waals surface area contributed by atoms with Gasteiger partial charge in [-0.05, 0) is 36.8 Å². The first-order chi connectivity index (χ1) is 9.40.